The van der Waals surface area contributed by atoms with Gasteiger partial charge in [0.1, 0.15) is 11.5 Å². The lowest BCUT2D eigenvalue weighted by molar-refractivity contribution is 0.412. The van der Waals surface area contributed by atoms with Crippen molar-refractivity contribution < 1.29 is 9.84 Å². The molecular formula is C18H19N3O2. The van der Waals surface area contributed by atoms with E-state index in [2.05, 4.69) is 28.4 Å². The number of phenols is 1. The summed E-state index contributed by atoms with van der Waals surface area (Å²) in [5.41, 5.74) is 2.54. The Morgan fingerprint density at radius 1 is 1.22 bits per heavy atom. The number of ether oxygens (including phenoxy) is 1. The minimum absolute atomic E-state index is 0.154. The van der Waals surface area contributed by atoms with Crippen LogP contribution in [0.25, 0.3) is 11.0 Å². The second kappa shape index (κ2) is 6.12. The van der Waals surface area contributed by atoms with Crippen molar-refractivity contribution in [2.75, 3.05) is 7.11 Å². The van der Waals surface area contributed by atoms with E-state index in [0.29, 0.717) is 17.3 Å². The first kappa shape index (κ1) is 15.1. The van der Waals surface area contributed by atoms with Crippen LogP contribution in [0.2, 0.25) is 0 Å². The molecule has 3 aromatic rings. The fourth-order valence-corrected chi connectivity index (χ4v) is 2.52. The van der Waals surface area contributed by atoms with E-state index in [-0.39, 0.29) is 11.8 Å². The molecule has 3 rings (SSSR count). The van der Waals surface area contributed by atoms with E-state index >= 15 is 0 Å². The molecule has 1 heterocycles. The van der Waals surface area contributed by atoms with E-state index in [0.717, 1.165) is 11.0 Å². The maximum Gasteiger partial charge on any atom is 0.230 e. The highest BCUT2D eigenvalue weighted by atomic mass is 16.5. The number of fused-ring (bicyclic) bond motifs is 1. The maximum absolute atomic E-state index is 9.95. The second-order valence-electron chi connectivity index (χ2n) is 5.55. The molecule has 0 aliphatic heterocycles. The second-order valence-corrected chi connectivity index (χ2v) is 5.55. The van der Waals surface area contributed by atoms with Crippen LogP contribution < -0.4 is 4.74 Å². The highest BCUT2D eigenvalue weighted by Crippen LogP contribution is 2.27. The highest BCUT2D eigenvalue weighted by Gasteiger charge is 2.12. The number of methoxy groups -OCH3 is 1. The van der Waals surface area contributed by atoms with Crippen molar-refractivity contribution in [3.8, 4) is 11.5 Å². The Morgan fingerprint density at radius 2 is 2.00 bits per heavy atom. The van der Waals surface area contributed by atoms with Crippen molar-refractivity contribution in [1.29, 1.82) is 0 Å². The molecule has 0 radical (unpaired) electrons. The Balaban J connectivity index is 2.06. The molecule has 5 heteroatoms. The zero-order valence-electron chi connectivity index (χ0n) is 13.4. The lowest BCUT2D eigenvalue weighted by Gasteiger charge is -2.10. The molecule has 118 valence electrons. The molecule has 0 amide bonds. The number of rotatable bonds is 4. The van der Waals surface area contributed by atoms with Crippen LogP contribution in [0.5, 0.6) is 11.5 Å². The van der Waals surface area contributed by atoms with Gasteiger partial charge < -0.3 is 14.4 Å². The van der Waals surface area contributed by atoms with Gasteiger partial charge >= 0.3 is 0 Å². The van der Waals surface area contributed by atoms with Crippen LogP contribution in [0.15, 0.2) is 47.5 Å². The van der Waals surface area contributed by atoms with Crippen LogP contribution >= 0.6 is 0 Å². The molecule has 0 aliphatic rings. The Labute approximate surface area is 134 Å². The van der Waals surface area contributed by atoms with Crippen LogP contribution in [-0.2, 0) is 0 Å². The summed E-state index contributed by atoms with van der Waals surface area (Å²) in [6, 6.07) is 13.2. The molecule has 0 bridgehead atoms. The summed E-state index contributed by atoms with van der Waals surface area (Å²) in [6.45, 7) is 4.19. The summed E-state index contributed by atoms with van der Waals surface area (Å²) in [4.78, 5) is 9.06. The van der Waals surface area contributed by atoms with Gasteiger partial charge in [-0.25, -0.2) is 9.98 Å². The molecular weight excluding hydrogens is 290 g/mol. The minimum atomic E-state index is 0.154. The van der Waals surface area contributed by atoms with Gasteiger partial charge in [0.15, 0.2) is 0 Å². The number of imidazole rings is 1. The molecule has 1 N–H and O–H groups in total. The zero-order chi connectivity index (χ0) is 16.4. The number of aliphatic imine (C=N–C) groups is 1. The minimum Gasteiger partial charge on any atom is -0.507 e. The third-order valence-electron chi connectivity index (χ3n) is 3.65. The third kappa shape index (κ3) is 2.90. The standard InChI is InChI=1S/C18H19N3O2/c1-12(2)21-16-7-5-4-6-15(16)20-18(21)19-11-13-10-14(23-3)8-9-17(13)22/h4-12,22H,1-3H3/b19-11+. The van der Waals surface area contributed by atoms with Crippen molar-refractivity contribution in [1.82, 2.24) is 9.55 Å². The topological polar surface area (TPSA) is 59.6 Å². The predicted octanol–water partition coefficient (Wildman–Crippen LogP) is 4.08. The van der Waals surface area contributed by atoms with E-state index in [4.69, 9.17) is 4.74 Å². The van der Waals surface area contributed by atoms with E-state index < -0.39 is 0 Å². The largest absolute Gasteiger partial charge is 0.507 e. The molecule has 0 saturated heterocycles. The summed E-state index contributed by atoms with van der Waals surface area (Å²) in [6.07, 6.45) is 1.61. The first-order valence-electron chi connectivity index (χ1n) is 7.48. The maximum atomic E-state index is 9.95. The van der Waals surface area contributed by atoms with Gasteiger partial charge in [-0.3, -0.25) is 0 Å². The van der Waals surface area contributed by atoms with Crippen molar-refractivity contribution in [2.45, 2.75) is 19.9 Å². The van der Waals surface area contributed by atoms with Crippen molar-refractivity contribution in [2.24, 2.45) is 4.99 Å². The molecule has 1 aromatic heterocycles. The SMILES string of the molecule is COc1ccc(O)c(/C=N/c2nc3ccccc3n2C(C)C)c1. The highest BCUT2D eigenvalue weighted by molar-refractivity contribution is 5.86. The summed E-state index contributed by atoms with van der Waals surface area (Å²) < 4.78 is 7.25. The van der Waals surface area contributed by atoms with E-state index in [9.17, 15) is 5.11 Å². The summed E-state index contributed by atoms with van der Waals surface area (Å²) in [5.74, 6) is 1.44. The zero-order valence-corrected chi connectivity index (χ0v) is 13.4. The number of aromatic hydroxyl groups is 1. The number of hydrogen-bond acceptors (Lipinski definition) is 4. The fourth-order valence-electron chi connectivity index (χ4n) is 2.52. The van der Waals surface area contributed by atoms with Gasteiger partial charge in [-0.1, -0.05) is 12.1 Å². The monoisotopic (exact) mass is 309 g/mol. The number of hydrogen-bond donors (Lipinski definition) is 1. The van der Waals surface area contributed by atoms with E-state index in [1.54, 1.807) is 31.5 Å². The van der Waals surface area contributed by atoms with E-state index in [1.807, 2.05) is 24.3 Å². The Kier molecular flexibility index (Phi) is 4.02. The molecule has 0 atom stereocenters. The molecule has 0 unspecified atom stereocenters. The lowest BCUT2D eigenvalue weighted by Crippen LogP contribution is -2.00. The molecule has 0 fully saturated rings. The van der Waals surface area contributed by atoms with Crippen molar-refractivity contribution in [3.63, 3.8) is 0 Å². The van der Waals surface area contributed by atoms with Crippen LogP contribution in [0.3, 0.4) is 0 Å². The first-order valence-corrected chi connectivity index (χ1v) is 7.48. The smallest absolute Gasteiger partial charge is 0.230 e. The summed E-state index contributed by atoms with van der Waals surface area (Å²) in [5, 5.41) is 9.95. The number of para-hydroxylation sites is 2. The molecule has 0 saturated carbocycles. The van der Waals surface area contributed by atoms with Gasteiger partial charge in [0.05, 0.1) is 18.1 Å². The lowest BCUT2D eigenvalue weighted by atomic mass is 10.2. The average Bonchev–Trinajstić information content (AvgIpc) is 2.92. The van der Waals surface area contributed by atoms with Gasteiger partial charge in [0, 0.05) is 17.8 Å². The number of benzene rings is 2. The number of aromatic nitrogens is 2. The molecule has 0 aliphatic carbocycles. The van der Waals surface area contributed by atoms with Gasteiger partial charge in [0.2, 0.25) is 5.95 Å². The van der Waals surface area contributed by atoms with Gasteiger partial charge in [0.25, 0.3) is 0 Å². The van der Waals surface area contributed by atoms with E-state index in [1.165, 1.54) is 0 Å². The van der Waals surface area contributed by atoms with Crippen LogP contribution in [0.1, 0.15) is 25.5 Å². The Bertz CT molecular complexity index is 866. The molecule has 0 spiro atoms. The van der Waals surface area contributed by atoms with Crippen LogP contribution in [0, 0.1) is 0 Å². The number of phenolic OH excluding ortho intramolecular Hbond substituents is 1. The predicted molar refractivity (Wildman–Crippen MR) is 92.0 cm³/mol. The quantitative estimate of drug-likeness (QED) is 0.739. The molecule has 5 nitrogen and oxygen atoms in total. The van der Waals surface area contributed by atoms with Gasteiger partial charge in [-0.05, 0) is 44.2 Å². The first-order chi connectivity index (χ1) is 11.1. The molecule has 23 heavy (non-hydrogen) atoms. The third-order valence-corrected chi connectivity index (χ3v) is 3.65. The number of nitrogens with zero attached hydrogens (tertiary/aromatic N) is 3. The van der Waals surface area contributed by atoms with Crippen LogP contribution in [0.4, 0.5) is 5.95 Å². The van der Waals surface area contributed by atoms with Crippen molar-refractivity contribution in [3.05, 3.63) is 48.0 Å². The van der Waals surface area contributed by atoms with Crippen LogP contribution in [-0.4, -0.2) is 28.0 Å². The Hall–Kier alpha value is -2.82. The Morgan fingerprint density at radius 3 is 2.74 bits per heavy atom. The summed E-state index contributed by atoms with van der Waals surface area (Å²) in [7, 11) is 1.59. The van der Waals surface area contributed by atoms with Crippen molar-refractivity contribution >= 4 is 23.2 Å². The van der Waals surface area contributed by atoms with Gasteiger partial charge in [-0.15, -0.1) is 0 Å². The average molecular weight is 309 g/mol. The van der Waals surface area contributed by atoms with Gasteiger partial charge in [-0.2, -0.15) is 0 Å². The molecule has 2 aromatic carbocycles. The normalized spacial score (nSPS) is 11.7. The summed E-state index contributed by atoms with van der Waals surface area (Å²) >= 11 is 0. The fraction of sp³-hybridized carbons (Fsp3) is 0.222.